The lowest BCUT2D eigenvalue weighted by molar-refractivity contribution is -0.137. The largest absolute Gasteiger partial charge is 0.477 e. The number of halogens is 1. The van der Waals surface area contributed by atoms with E-state index in [1.165, 1.54) is 6.92 Å². The number of pyridine rings is 2. The quantitative estimate of drug-likeness (QED) is 0.129. The second kappa shape index (κ2) is 15.1. The summed E-state index contributed by atoms with van der Waals surface area (Å²) in [4.78, 5) is 61.0. The molecule has 0 radical (unpaired) electrons. The van der Waals surface area contributed by atoms with Crippen molar-refractivity contribution in [3.05, 3.63) is 106 Å². The molecule has 0 spiro atoms. The first-order valence-electron chi connectivity index (χ1n) is 18.0. The van der Waals surface area contributed by atoms with E-state index in [9.17, 15) is 14.4 Å². The van der Waals surface area contributed by atoms with Crippen molar-refractivity contribution < 1.29 is 19.1 Å². The minimum absolute atomic E-state index is 0.0721. The lowest BCUT2D eigenvalue weighted by Crippen LogP contribution is -2.46. The number of nitrogens with zero attached hydrogens (tertiary/aromatic N) is 5. The summed E-state index contributed by atoms with van der Waals surface area (Å²) in [5.74, 6) is 0.479. The third-order valence-corrected chi connectivity index (χ3v) is 11.0. The van der Waals surface area contributed by atoms with Crippen LogP contribution in [-0.2, 0) is 33.6 Å². The molecule has 2 fully saturated rings. The predicted molar refractivity (Wildman–Crippen MR) is 205 cm³/mol. The number of amides is 1. The number of carbonyl (C=O) groups excluding carboxylic acids is 3. The highest BCUT2D eigenvalue weighted by molar-refractivity contribution is 9.10. The Kier molecular flexibility index (Phi) is 10.3. The Labute approximate surface area is 317 Å². The molecule has 1 saturated carbocycles. The van der Waals surface area contributed by atoms with Crippen LogP contribution in [0.25, 0.3) is 11.1 Å². The lowest BCUT2D eigenvalue weighted by Gasteiger charge is -2.28. The zero-order valence-electron chi connectivity index (χ0n) is 30.1. The number of hydrogen-bond acceptors (Lipinski definition) is 10. The molecule has 3 aliphatic rings. The van der Waals surface area contributed by atoms with Crippen LogP contribution in [0.1, 0.15) is 66.5 Å². The summed E-state index contributed by atoms with van der Waals surface area (Å²) in [6.07, 6.45) is 11.9. The number of aromatic nitrogens is 4. The summed E-state index contributed by atoms with van der Waals surface area (Å²) in [5.41, 5.74) is 5.33. The Morgan fingerprint density at radius 2 is 1.87 bits per heavy atom. The van der Waals surface area contributed by atoms with Gasteiger partial charge in [-0.1, -0.05) is 24.3 Å². The summed E-state index contributed by atoms with van der Waals surface area (Å²) in [5, 5.41) is 12.2. The van der Waals surface area contributed by atoms with Crippen molar-refractivity contribution in [3.8, 4) is 17.0 Å². The number of fused-ring (bicyclic) bond motifs is 3. The van der Waals surface area contributed by atoms with E-state index < -0.39 is 11.8 Å². The predicted octanol–water partition coefficient (Wildman–Crippen LogP) is 6.37. The molecule has 4 bridgehead atoms. The standard InChI is InChI=1S/C41H42BrN7O4/c1-24-13-14-36(42)48-32(24)17-34(51)33-18-41-19-35(41)49(33)38(52)22-46-40-27(9-6-4-5-7-10-30-11-8-12-37(47-30)53-23-41)15-28(16-31(40)39(43)25(2)50)29-20-44-26(3)45-21-29/h5,7-8,11-16,20-21,33,35,43,46H,4,6,9-10,17-19,22-23H2,1-3H3/t33-,35+,41-/m0/s1. The zero-order valence-corrected chi connectivity index (χ0v) is 31.7. The molecule has 3 aromatic heterocycles. The Balaban J connectivity index is 1.26. The van der Waals surface area contributed by atoms with Crippen LogP contribution < -0.4 is 10.1 Å². The smallest absolute Gasteiger partial charge is 0.242 e. The lowest BCUT2D eigenvalue weighted by atomic mass is 9.92. The minimum Gasteiger partial charge on any atom is -0.477 e. The van der Waals surface area contributed by atoms with Gasteiger partial charge in [0.25, 0.3) is 0 Å². The molecule has 2 aliphatic heterocycles. The summed E-state index contributed by atoms with van der Waals surface area (Å²) < 4.78 is 6.93. The minimum atomic E-state index is -0.653. The highest BCUT2D eigenvalue weighted by Crippen LogP contribution is 2.60. The number of aryl methyl sites for hydroxylation is 3. The summed E-state index contributed by atoms with van der Waals surface area (Å²) in [7, 11) is 0. The van der Waals surface area contributed by atoms with Crippen LogP contribution in [0.5, 0.6) is 5.88 Å². The number of rotatable bonds is 6. The maximum atomic E-state index is 14.4. The van der Waals surface area contributed by atoms with E-state index in [0.717, 1.165) is 47.2 Å². The number of allylic oxidation sites excluding steroid dienone is 2. The van der Waals surface area contributed by atoms with Crippen LogP contribution in [0.15, 0.2) is 71.6 Å². The van der Waals surface area contributed by atoms with Gasteiger partial charge in [0.05, 0.1) is 31.3 Å². The zero-order chi connectivity index (χ0) is 37.3. The first kappa shape index (κ1) is 36.3. The summed E-state index contributed by atoms with van der Waals surface area (Å²) in [6, 6.07) is 12.5. The number of carbonyl (C=O) groups is 3. The number of hydrogen-bond donors (Lipinski definition) is 2. The van der Waals surface area contributed by atoms with Gasteiger partial charge in [0.1, 0.15) is 16.1 Å². The van der Waals surface area contributed by atoms with Crippen LogP contribution in [0, 0.1) is 24.7 Å². The first-order chi connectivity index (χ1) is 25.5. The van der Waals surface area contributed by atoms with Crippen LogP contribution >= 0.6 is 15.9 Å². The van der Waals surface area contributed by atoms with Gasteiger partial charge >= 0.3 is 0 Å². The number of piperidine rings is 1. The van der Waals surface area contributed by atoms with Crippen LogP contribution in [0.2, 0.25) is 0 Å². The van der Waals surface area contributed by atoms with Gasteiger partial charge in [-0.2, -0.15) is 0 Å². The molecule has 5 heterocycles. The molecule has 1 aliphatic carbocycles. The molecule has 3 atom stereocenters. The molecule has 7 rings (SSSR count). The number of benzene rings is 1. The Morgan fingerprint density at radius 3 is 2.66 bits per heavy atom. The van der Waals surface area contributed by atoms with E-state index in [1.54, 1.807) is 23.4 Å². The van der Waals surface area contributed by atoms with Crippen LogP contribution in [0.4, 0.5) is 5.69 Å². The van der Waals surface area contributed by atoms with Crippen molar-refractivity contribution >= 4 is 44.8 Å². The van der Waals surface area contributed by atoms with E-state index in [-0.39, 0.29) is 41.8 Å². The molecule has 1 aromatic carbocycles. The topological polar surface area (TPSA) is 151 Å². The average Bonchev–Trinajstić information content (AvgIpc) is 3.75. The number of nitrogens with one attached hydrogen (secondary N) is 2. The van der Waals surface area contributed by atoms with Crippen molar-refractivity contribution in [1.82, 2.24) is 24.8 Å². The van der Waals surface area contributed by atoms with Gasteiger partial charge in [0.15, 0.2) is 11.6 Å². The molecule has 272 valence electrons. The number of ether oxygens (including phenoxy) is 1. The monoisotopic (exact) mass is 775 g/mol. The number of Topliss-reactive ketones (excluding diaryl/α,β-unsaturated/α-hetero) is 2. The van der Waals surface area contributed by atoms with Crippen LogP contribution in [-0.4, -0.2) is 73.3 Å². The van der Waals surface area contributed by atoms with Gasteiger partial charge in [-0.15, -0.1) is 0 Å². The van der Waals surface area contributed by atoms with Gasteiger partial charge in [0, 0.05) is 65.8 Å². The normalized spacial score (nSPS) is 21.2. The fraction of sp³-hybridized carbons (Fsp3) is 0.366. The maximum absolute atomic E-state index is 14.4. The molecule has 1 saturated heterocycles. The van der Waals surface area contributed by atoms with Crippen molar-refractivity contribution in [2.24, 2.45) is 5.41 Å². The molecule has 53 heavy (non-hydrogen) atoms. The Morgan fingerprint density at radius 1 is 1.06 bits per heavy atom. The maximum Gasteiger partial charge on any atom is 0.242 e. The Bertz CT molecular complexity index is 2140. The first-order valence-corrected chi connectivity index (χ1v) is 18.8. The van der Waals surface area contributed by atoms with Gasteiger partial charge in [-0.25, -0.2) is 19.9 Å². The molecule has 11 nitrogen and oxygen atoms in total. The van der Waals surface area contributed by atoms with E-state index in [2.05, 4.69) is 48.4 Å². The third kappa shape index (κ3) is 7.83. The summed E-state index contributed by atoms with van der Waals surface area (Å²) in [6.45, 7) is 5.34. The second-order valence-electron chi connectivity index (χ2n) is 14.3. The van der Waals surface area contributed by atoms with Crippen molar-refractivity contribution in [2.45, 2.75) is 77.8 Å². The van der Waals surface area contributed by atoms with E-state index >= 15 is 0 Å². The van der Waals surface area contributed by atoms with E-state index in [0.29, 0.717) is 59.1 Å². The number of anilines is 1. The van der Waals surface area contributed by atoms with Crippen molar-refractivity contribution in [1.29, 1.82) is 5.41 Å². The second-order valence-corrected chi connectivity index (χ2v) is 15.1. The van der Waals surface area contributed by atoms with Crippen molar-refractivity contribution in [2.75, 3.05) is 18.5 Å². The third-order valence-electron chi connectivity index (χ3n) is 10.6. The van der Waals surface area contributed by atoms with E-state index in [4.69, 9.17) is 15.1 Å². The van der Waals surface area contributed by atoms with Gasteiger partial charge in [-0.3, -0.25) is 19.8 Å². The Hall–Kier alpha value is -5.10. The van der Waals surface area contributed by atoms with Gasteiger partial charge in [0.2, 0.25) is 11.8 Å². The summed E-state index contributed by atoms with van der Waals surface area (Å²) >= 11 is 3.43. The fourth-order valence-corrected chi connectivity index (χ4v) is 7.88. The number of ketones is 2. The molecule has 1 amide bonds. The highest BCUT2D eigenvalue weighted by Gasteiger charge is 2.67. The molecule has 12 heteroatoms. The van der Waals surface area contributed by atoms with Gasteiger partial charge in [-0.05, 0) is 103 Å². The average molecular weight is 777 g/mol. The van der Waals surface area contributed by atoms with Crippen molar-refractivity contribution in [3.63, 3.8) is 0 Å². The molecule has 0 unspecified atom stereocenters. The molecule has 2 N–H and O–H groups in total. The molecular weight excluding hydrogens is 734 g/mol. The van der Waals surface area contributed by atoms with Gasteiger partial charge < -0.3 is 15.0 Å². The molecular formula is C41H42BrN7O4. The fourth-order valence-electron chi connectivity index (χ4n) is 7.54. The van der Waals surface area contributed by atoms with E-state index in [1.807, 2.05) is 50.2 Å². The molecule has 4 aromatic rings. The highest BCUT2D eigenvalue weighted by atomic mass is 79.9. The van der Waals surface area contributed by atoms with Crippen LogP contribution in [0.3, 0.4) is 0 Å². The SMILES string of the molecule is CC(=O)C(=N)c1cc(-c2cnc(C)nc2)cc2c1NCC(=O)N1[C@H](C(=O)Cc3nc(Br)ccc3C)C[C@@]3(COc4cccc(n4)CC=CCCC2)C[C@@H]13.